The number of aromatic amines is 2. The minimum Gasteiger partial charge on any atom is -0.378 e. The third-order valence-corrected chi connectivity index (χ3v) is 6.69. The molecule has 2 aromatic carbocycles. The van der Waals surface area contributed by atoms with Crippen molar-refractivity contribution in [2.24, 2.45) is 0 Å². The van der Waals surface area contributed by atoms with Crippen LogP contribution in [0, 0.1) is 0 Å². The van der Waals surface area contributed by atoms with Crippen LogP contribution in [0.15, 0.2) is 58.5 Å². The van der Waals surface area contributed by atoms with Crippen molar-refractivity contribution >= 4 is 40.3 Å². The molecule has 1 aliphatic heterocycles. The summed E-state index contributed by atoms with van der Waals surface area (Å²) < 4.78 is 7.55. The summed E-state index contributed by atoms with van der Waals surface area (Å²) in [5.41, 5.74) is 2.79. The Bertz CT molecular complexity index is 1340. The van der Waals surface area contributed by atoms with Gasteiger partial charge in [0.1, 0.15) is 0 Å². The second kappa shape index (κ2) is 9.74. The quantitative estimate of drug-likeness (QED) is 0.348. The fourth-order valence-electron chi connectivity index (χ4n) is 3.84. The lowest BCUT2D eigenvalue weighted by atomic mass is 10.2. The van der Waals surface area contributed by atoms with E-state index in [4.69, 9.17) is 4.74 Å². The van der Waals surface area contributed by atoms with Crippen molar-refractivity contribution in [1.29, 1.82) is 0 Å². The van der Waals surface area contributed by atoms with Gasteiger partial charge < -0.3 is 24.9 Å². The molecule has 3 N–H and O–H groups in total. The molecule has 1 saturated heterocycles. The zero-order valence-corrected chi connectivity index (χ0v) is 19.5. The molecule has 0 bridgehead atoms. The summed E-state index contributed by atoms with van der Waals surface area (Å²) in [4.78, 5) is 32.0. The number of aromatic nitrogens is 5. The van der Waals surface area contributed by atoms with Crippen LogP contribution in [-0.2, 0) is 16.1 Å². The average Bonchev–Trinajstić information content (AvgIpc) is 3.42. The Labute approximate surface area is 199 Å². The van der Waals surface area contributed by atoms with Crippen LogP contribution < -0.4 is 15.9 Å². The highest BCUT2D eigenvalue weighted by molar-refractivity contribution is 8.00. The summed E-state index contributed by atoms with van der Waals surface area (Å²) in [6.45, 7) is 5.24. The van der Waals surface area contributed by atoms with E-state index in [-0.39, 0.29) is 11.6 Å². The zero-order valence-electron chi connectivity index (χ0n) is 18.7. The predicted octanol–water partition coefficient (Wildman–Crippen LogP) is 2.45. The van der Waals surface area contributed by atoms with Gasteiger partial charge in [-0.05, 0) is 30.7 Å². The van der Waals surface area contributed by atoms with Crippen LogP contribution in [0.4, 0.5) is 11.6 Å². The molecule has 176 valence electrons. The second-order valence-electron chi connectivity index (χ2n) is 8.04. The van der Waals surface area contributed by atoms with Gasteiger partial charge in [0.15, 0.2) is 5.16 Å². The van der Waals surface area contributed by atoms with Crippen molar-refractivity contribution in [3.8, 4) is 0 Å². The van der Waals surface area contributed by atoms with Crippen LogP contribution in [-0.4, -0.2) is 62.2 Å². The molecule has 0 saturated carbocycles. The molecule has 4 aromatic rings. The smallest absolute Gasteiger partial charge is 0.323 e. The lowest BCUT2D eigenvalue weighted by molar-refractivity contribution is -0.115. The molecule has 1 atom stereocenters. The molecule has 5 rings (SSSR count). The normalized spacial score (nSPS) is 14.9. The number of thioether (sulfide) groups is 1. The molecule has 10 nitrogen and oxygen atoms in total. The van der Waals surface area contributed by atoms with E-state index in [1.54, 1.807) is 18.2 Å². The number of anilines is 2. The van der Waals surface area contributed by atoms with Crippen LogP contribution in [0.25, 0.3) is 11.0 Å². The van der Waals surface area contributed by atoms with Gasteiger partial charge in [0.25, 0.3) is 0 Å². The van der Waals surface area contributed by atoms with Gasteiger partial charge in [0.2, 0.25) is 11.9 Å². The highest BCUT2D eigenvalue weighted by Crippen LogP contribution is 2.28. The number of amides is 1. The maximum absolute atomic E-state index is 12.9. The Balaban J connectivity index is 1.34. The van der Waals surface area contributed by atoms with E-state index in [0.29, 0.717) is 41.6 Å². The van der Waals surface area contributed by atoms with Gasteiger partial charge in [-0.3, -0.25) is 9.36 Å². The number of nitrogens with one attached hydrogen (secondary N) is 3. The van der Waals surface area contributed by atoms with Crippen LogP contribution in [0.5, 0.6) is 0 Å². The van der Waals surface area contributed by atoms with Gasteiger partial charge in [0, 0.05) is 18.8 Å². The van der Waals surface area contributed by atoms with E-state index >= 15 is 0 Å². The number of H-pyrrole nitrogens is 2. The second-order valence-corrected chi connectivity index (χ2v) is 9.35. The number of hydrogen-bond acceptors (Lipinski definition) is 7. The molecule has 3 heterocycles. The van der Waals surface area contributed by atoms with E-state index in [2.05, 4.69) is 47.1 Å². The topological polar surface area (TPSA) is 121 Å². The maximum atomic E-state index is 12.9. The Morgan fingerprint density at radius 1 is 1.12 bits per heavy atom. The van der Waals surface area contributed by atoms with Crippen LogP contribution >= 0.6 is 11.8 Å². The van der Waals surface area contributed by atoms with Crippen molar-refractivity contribution in [2.45, 2.75) is 23.9 Å². The first kappa shape index (κ1) is 22.2. The highest BCUT2D eigenvalue weighted by atomic mass is 32.2. The summed E-state index contributed by atoms with van der Waals surface area (Å²) in [5.74, 6) is 0.619. The SMILES string of the molecule is CC(Sc1nnc(N2CCOCC2)n1Cc1ccccc1)C(=O)Nc1ccc2[nH]c(=O)[nH]c2c1. The number of carbonyl (C=O) groups is 1. The third kappa shape index (κ3) is 4.85. The summed E-state index contributed by atoms with van der Waals surface area (Å²) in [6.07, 6.45) is 0. The van der Waals surface area contributed by atoms with E-state index in [1.165, 1.54) is 11.8 Å². The molecule has 0 radical (unpaired) electrons. The highest BCUT2D eigenvalue weighted by Gasteiger charge is 2.24. The summed E-state index contributed by atoms with van der Waals surface area (Å²) in [5, 5.41) is 12.1. The van der Waals surface area contributed by atoms with E-state index in [0.717, 1.165) is 24.6 Å². The third-order valence-electron chi connectivity index (χ3n) is 5.61. The Morgan fingerprint density at radius 3 is 2.68 bits per heavy atom. The van der Waals surface area contributed by atoms with Crippen molar-refractivity contribution < 1.29 is 9.53 Å². The van der Waals surface area contributed by atoms with Gasteiger partial charge in [0.05, 0.1) is 36.0 Å². The minimum atomic E-state index is -0.419. The van der Waals surface area contributed by atoms with Gasteiger partial charge in [-0.2, -0.15) is 0 Å². The molecule has 1 aliphatic rings. The zero-order chi connectivity index (χ0) is 23.5. The molecular weight excluding hydrogens is 454 g/mol. The molecule has 2 aromatic heterocycles. The van der Waals surface area contributed by atoms with Crippen molar-refractivity contribution in [3.05, 3.63) is 64.6 Å². The number of nitrogens with zero attached hydrogens (tertiary/aromatic N) is 4. The number of benzene rings is 2. The van der Waals surface area contributed by atoms with Gasteiger partial charge in [-0.1, -0.05) is 42.1 Å². The number of imidazole rings is 1. The van der Waals surface area contributed by atoms with Crippen LogP contribution in [0.3, 0.4) is 0 Å². The number of fused-ring (bicyclic) bond motifs is 1. The van der Waals surface area contributed by atoms with Gasteiger partial charge in [-0.15, -0.1) is 10.2 Å². The molecule has 11 heteroatoms. The molecule has 1 amide bonds. The standard InChI is InChI=1S/C23H25N7O3S/c1-15(20(31)24-17-7-8-18-19(13-17)26-21(32)25-18)34-23-28-27-22(29-9-11-33-12-10-29)30(23)14-16-5-3-2-4-6-16/h2-8,13,15H,9-12,14H2,1H3,(H,24,31)(H2,25,26,32). The molecule has 34 heavy (non-hydrogen) atoms. The lowest BCUT2D eigenvalue weighted by Crippen LogP contribution is -2.38. The van der Waals surface area contributed by atoms with Crippen molar-refractivity contribution in [3.63, 3.8) is 0 Å². The first-order valence-corrected chi connectivity index (χ1v) is 11.9. The van der Waals surface area contributed by atoms with Gasteiger partial charge in [-0.25, -0.2) is 4.79 Å². The van der Waals surface area contributed by atoms with Crippen LogP contribution in [0.1, 0.15) is 12.5 Å². The summed E-state index contributed by atoms with van der Waals surface area (Å²) in [7, 11) is 0. The molecule has 0 spiro atoms. The van der Waals surface area contributed by atoms with Crippen molar-refractivity contribution in [2.75, 3.05) is 36.5 Å². The minimum absolute atomic E-state index is 0.163. The first-order chi connectivity index (χ1) is 16.6. The van der Waals surface area contributed by atoms with E-state index in [1.807, 2.05) is 25.1 Å². The summed E-state index contributed by atoms with van der Waals surface area (Å²) in [6, 6.07) is 15.4. The number of rotatable bonds is 7. The van der Waals surface area contributed by atoms with E-state index < -0.39 is 5.25 Å². The number of morpholine rings is 1. The average molecular weight is 480 g/mol. The maximum Gasteiger partial charge on any atom is 0.323 e. The number of carbonyl (C=O) groups excluding carboxylic acids is 1. The fourth-order valence-corrected chi connectivity index (χ4v) is 4.68. The first-order valence-electron chi connectivity index (χ1n) is 11.1. The molecule has 0 aliphatic carbocycles. The summed E-state index contributed by atoms with van der Waals surface area (Å²) >= 11 is 1.36. The fraction of sp³-hybridized carbons (Fsp3) is 0.304. The number of hydrogen-bond donors (Lipinski definition) is 3. The Morgan fingerprint density at radius 2 is 1.88 bits per heavy atom. The monoisotopic (exact) mass is 479 g/mol. The van der Waals surface area contributed by atoms with E-state index in [9.17, 15) is 9.59 Å². The molecule has 1 unspecified atom stereocenters. The predicted molar refractivity (Wildman–Crippen MR) is 131 cm³/mol. The lowest BCUT2D eigenvalue weighted by Gasteiger charge is -2.28. The molecule has 1 fully saturated rings. The number of ether oxygens (including phenoxy) is 1. The Kier molecular flexibility index (Phi) is 6.37. The van der Waals surface area contributed by atoms with Gasteiger partial charge >= 0.3 is 5.69 Å². The molecular formula is C23H25N7O3S. The van der Waals surface area contributed by atoms with Crippen molar-refractivity contribution in [1.82, 2.24) is 24.7 Å². The largest absolute Gasteiger partial charge is 0.378 e. The van der Waals surface area contributed by atoms with Crippen LogP contribution in [0.2, 0.25) is 0 Å². The Hall–Kier alpha value is -3.57.